The SMILES string of the molecule is C[C@H](NC(=O)CN=C(N)N)[C@@H]1CC[C@@H](C(=O)NC[C@H](NC(=O)OCc2ccccc2)C(=O)O)O1. The van der Waals surface area contributed by atoms with Crippen LogP contribution in [-0.2, 0) is 30.5 Å². The number of guanidine groups is 1. The van der Waals surface area contributed by atoms with Crippen LogP contribution in [0.4, 0.5) is 4.79 Å². The van der Waals surface area contributed by atoms with Crippen molar-refractivity contribution in [3.8, 4) is 0 Å². The summed E-state index contributed by atoms with van der Waals surface area (Å²) in [5.41, 5.74) is 11.1. The van der Waals surface area contributed by atoms with Crippen molar-refractivity contribution in [1.29, 1.82) is 0 Å². The number of benzene rings is 1. The van der Waals surface area contributed by atoms with E-state index in [2.05, 4.69) is 20.9 Å². The Morgan fingerprint density at radius 1 is 1.18 bits per heavy atom. The Kier molecular flexibility index (Phi) is 10.1. The molecule has 0 radical (unpaired) electrons. The highest BCUT2D eigenvalue weighted by molar-refractivity contribution is 5.84. The molecule has 1 fully saturated rings. The second-order valence-electron chi connectivity index (χ2n) is 7.68. The van der Waals surface area contributed by atoms with Crippen molar-refractivity contribution in [3.63, 3.8) is 0 Å². The summed E-state index contributed by atoms with van der Waals surface area (Å²) >= 11 is 0. The van der Waals surface area contributed by atoms with E-state index in [4.69, 9.17) is 20.9 Å². The van der Waals surface area contributed by atoms with Gasteiger partial charge in [-0.05, 0) is 25.3 Å². The molecule has 3 amide bonds. The lowest BCUT2D eigenvalue weighted by Gasteiger charge is -2.21. The summed E-state index contributed by atoms with van der Waals surface area (Å²) in [7, 11) is 0. The summed E-state index contributed by atoms with van der Waals surface area (Å²) in [5, 5.41) is 16.7. The van der Waals surface area contributed by atoms with E-state index in [0.29, 0.717) is 12.8 Å². The first kappa shape index (κ1) is 26.4. The molecule has 1 aromatic carbocycles. The van der Waals surface area contributed by atoms with E-state index in [9.17, 15) is 24.3 Å². The fourth-order valence-corrected chi connectivity index (χ4v) is 3.20. The van der Waals surface area contributed by atoms with E-state index in [-0.39, 0.29) is 25.7 Å². The van der Waals surface area contributed by atoms with Crippen molar-refractivity contribution >= 4 is 29.8 Å². The van der Waals surface area contributed by atoms with Crippen molar-refractivity contribution < 1.29 is 33.8 Å². The Hall–Kier alpha value is -3.87. The lowest BCUT2D eigenvalue weighted by atomic mass is 10.1. The molecular weight excluding hydrogens is 448 g/mol. The number of amides is 3. The Morgan fingerprint density at radius 2 is 1.88 bits per heavy atom. The van der Waals surface area contributed by atoms with Gasteiger partial charge in [0, 0.05) is 6.54 Å². The number of carboxylic acids is 1. The topological polar surface area (TPSA) is 207 Å². The molecule has 13 heteroatoms. The van der Waals surface area contributed by atoms with Crippen LogP contribution in [0.3, 0.4) is 0 Å². The maximum Gasteiger partial charge on any atom is 0.408 e. The number of rotatable bonds is 11. The minimum atomic E-state index is -1.39. The van der Waals surface area contributed by atoms with Gasteiger partial charge in [-0.3, -0.25) is 9.59 Å². The number of aliphatic imine (C=N–C) groups is 1. The Bertz CT molecular complexity index is 891. The first-order valence-electron chi connectivity index (χ1n) is 10.6. The number of hydrogen-bond acceptors (Lipinski definition) is 7. The van der Waals surface area contributed by atoms with E-state index in [1.165, 1.54) is 0 Å². The molecule has 186 valence electrons. The van der Waals surface area contributed by atoms with Gasteiger partial charge in [0.1, 0.15) is 25.3 Å². The minimum absolute atomic E-state index is 0.0245. The van der Waals surface area contributed by atoms with Gasteiger partial charge in [0.2, 0.25) is 11.8 Å². The number of ether oxygens (including phenoxy) is 2. The number of hydrogen-bond donors (Lipinski definition) is 6. The van der Waals surface area contributed by atoms with Crippen molar-refractivity contribution in [2.24, 2.45) is 16.5 Å². The first-order valence-corrected chi connectivity index (χ1v) is 10.6. The van der Waals surface area contributed by atoms with Gasteiger partial charge in [0.25, 0.3) is 0 Å². The monoisotopic (exact) mass is 478 g/mol. The van der Waals surface area contributed by atoms with Crippen LogP contribution in [0.1, 0.15) is 25.3 Å². The number of carbonyl (C=O) groups excluding carboxylic acids is 3. The standard InChI is InChI=1S/C21H30N6O7/c1-12(26-17(28)10-25-20(22)23)15-7-8-16(34-15)18(29)24-9-14(19(30)31)27-21(32)33-11-13-5-3-2-4-6-13/h2-6,12,14-16H,7-11H2,1H3,(H,24,29)(H,26,28)(H,27,32)(H,30,31)(H4,22,23,25)/t12-,14-,15-,16-/m0/s1. The van der Waals surface area contributed by atoms with Gasteiger partial charge in [0.05, 0.1) is 12.1 Å². The zero-order chi connectivity index (χ0) is 25.1. The van der Waals surface area contributed by atoms with Gasteiger partial charge in [0.15, 0.2) is 5.96 Å². The van der Waals surface area contributed by atoms with Crippen LogP contribution < -0.4 is 27.4 Å². The van der Waals surface area contributed by atoms with Crippen LogP contribution in [0.25, 0.3) is 0 Å². The third-order valence-corrected chi connectivity index (χ3v) is 4.98. The summed E-state index contributed by atoms with van der Waals surface area (Å²) in [6, 6.07) is 7.10. The zero-order valence-electron chi connectivity index (χ0n) is 18.7. The summed E-state index contributed by atoms with van der Waals surface area (Å²) in [6.45, 7) is 1.12. The molecule has 1 aliphatic heterocycles. The number of alkyl carbamates (subject to hydrolysis) is 1. The molecule has 4 atom stereocenters. The number of aliphatic carboxylic acids is 1. The van der Waals surface area contributed by atoms with Crippen LogP contribution >= 0.6 is 0 Å². The molecule has 1 aromatic rings. The van der Waals surface area contributed by atoms with Gasteiger partial charge < -0.3 is 42.0 Å². The Balaban J connectivity index is 1.76. The average molecular weight is 479 g/mol. The molecule has 0 saturated carbocycles. The van der Waals surface area contributed by atoms with E-state index >= 15 is 0 Å². The van der Waals surface area contributed by atoms with Crippen molar-refractivity contribution in [2.75, 3.05) is 13.1 Å². The van der Waals surface area contributed by atoms with Crippen LogP contribution in [0.15, 0.2) is 35.3 Å². The number of carboxylic acid groups (broad SMARTS) is 1. The predicted molar refractivity (Wildman–Crippen MR) is 120 cm³/mol. The normalized spacial score (nSPS) is 18.7. The minimum Gasteiger partial charge on any atom is -0.480 e. The number of carbonyl (C=O) groups is 4. The van der Waals surface area contributed by atoms with E-state index in [1.807, 2.05) is 6.07 Å². The van der Waals surface area contributed by atoms with E-state index < -0.39 is 48.2 Å². The zero-order valence-corrected chi connectivity index (χ0v) is 18.7. The van der Waals surface area contributed by atoms with E-state index in [1.54, 1.807) is 31.2 Å². The molecule has 0 spiro atoms. The fourth-order valence-electron chi connectivity index (χ4n) is 3.20. The lowest BCUT2D eigenvalue weighted by molar-refractivity contribution is -0.139. The second kappa shape index (κ2) is 13.0. The predicted octanol–water partition coefficient (Wildman–Crippen LogP) is -1.19. The highest BCUT2D eigenvalue weighted by Gasteiger charge is 2.34. The molecule has 0 bridgehead atoms. The average Bonchev–Trinajstić information content (AvgIpc) is 3.30. The molecule has 1 aliphatic rings. The third-order valence-electron chi connectivity index (χ3n) is 4.98. The number of nitrogens with one attached hydrogen (secondary N) is 3. The summed E-state index contributed by atoms with van der Waals surface area (Å²) < 4.78 is 10.7. The molecule has 13 nitrogen and oxygen atoms in total. The Labute approximate surface area is 196 Å². The molecule has 1 heterocycles. The number of nitrogens with two attached hydrogens (primary N) is 2. The molecule has 0 unspecified atom stereocenters. The Morgan fingerprint density at radius 3 is 2.53 bits per heavy atom. The molecule has 0 aliphatic carbocycles. The van der Waals surface area contributed by atoms with Crippen LogP contribution in [-0.4, -0.2) is 72.3 Å². The maximum atomic E-state index is 12.4. The van der Waals surface area contributed by atoms with Crippen molar-refractivity contribution in [3.05, 3.63) is 35.9 Å². The quantitative estimate of drug-likeness (QED) is 0.167. The fraction of sp³-hybridized carbons (Fsp3) is 0.476. The largest absolute Gasteiger partial charge is 0.480 e. The van der Waals surface area contributed by atoms with Gasteiger partial charge in [-0.2, -0.15) is 0 Å². The summed E-state index contributed by atoms with van der Waals surface area (Å²) in [6.07, 6.45) is -1.27. The van der Waals surface area contributed by atoms with Gasteiger partial charge in [-0.25, -0.2) is 14.6 Å². The highest BCUT2D eigenvalue weighted by Crippen LogP contribution is 2.22. The number of nitrogens with zero attached hydrogens (tertiary/aromatic N) is 1. The van der Waals surface area contributed by atoms with Gasteiger partial charge >= 0.3 is 12.1 Å². The van der Waals surface area contributed by atoms with Crippen LogP contribution in [0.2, 0.25) is 0 Å². The molecule has 2 rings (SSSR count). The second-order valence-corrected chi connectivity index (χ2v) is 7.68. The molecule has 8 N–H and O–H groups in total. The van der Waals surface area contributed by atoms with Crippen molar-refractivity contribution in [1.82, 2.24) is 16.0 Å². The van der Waals surface area contributed by atoms with Gasteiger partial charge in [-0.1, -0.05) is 30.3 Å². The van der Waals surface area contributed by atoms with E-state index in [0.717, 1.165) is 5.56 Å². The lowest BCUT2D eigenvalue weighted by Crippen LogP contribution is -2.50. The van der Waals surface area contributed by atoms with Crippen molar-refractivity contribution in [2.45, 2.75) is 50.7 Å². The highest BCUT2D eigenvalue weighted by atomic mass is 16.5. The molecule has 34 heavy (non-hydrogen) atoms. The van der Waals surface area contributed by atoms with Gasteiger partial charge in [-0.15, -0.1) is 0 Å². The van der Waals surface area contributed by atoms with Crippen LogP contribution in [0, 0.1) is 0 Å². The third kappa shape index (κ3) is 8.94. The molecule has 0 aromatic heterocycles. The van der Waals surface area contributed by atoms with Crippen LogP contribution in [0.5, 0.6) is 0 Å². The molecule has 1 saturated heterocycles. The summed E-state index contributed by atoms with van der Waals surface area (Å²) in [4.78, 5) is 51.3. The molecular formula is C21H30N6O7. The summed E-state index contributed by atoms with van der Waals surface area (Å²) in [5.74, 6) is -2.45. The smallest absolute Gasteiger partial charge is 0.408 e. The first-order chi connectivity index (χ1) is 16.2. The maximum absolute atomic E-state index is 12.4.